The molecular formula is C23H26N4O. The van der Waals surface area contributed by atoms with Gasteiger partial charge in [0.25, 0.3) is 5.91 Å². The van der Waals surface area contributed by atoms with Crippen molar-refractivity contribution < 1.29 is 4.79 Å². The number of hydrogen-bond donors (Lipinski definition) is 2. The summed E-state index contributed by atoms with van der Waals surface area (Å²) in [6.45, 7) is 9.03. The molecule has 28 heavy (non-hydrogen) atoms. The minimum atomic E-state index is -0.281. The van der Waals surface area contributed by atoms with Crippen molar-refractivity contribution in [1.29, 1.82) is 0 Å². The molecule has 1 aliphatic rings. The Morgan fingerprint density at radius 1 is 1.07 bits per heavy atom. The number of anilines is 1. The second-order valence-corrected chi connectivity index (χ2v) is 8.46. The summed E-state index contributed by atoms with van der Waals surface area (Å²) < 4.78 is 0. The number of rotatable bonds is 3. The fourth-order valence-electron chi connectivity index (χ4n) is 3.70. The lowest BCUT2D eigenvalue weighted by Gasteiger charge is -2.39. The number of nitrogens with one attached hydrogen (secondary N) is 2. The molecule has 1 amide bonds. The van der Waals surface area contributed by atoms with Crippen molar-refractivity contribution in [2.45, 2.75) is 45.8 Å². The average Bonchev–Trinajstić information content (AvgIpc) is 3.16. The number of benzene rings is 2. The topological polar surface area (TPSA) is 61.0 Å². The summed E-state index contributed by atoms with van der Waals surface area (Å²) in [6, 6.07) is 16.0. The molecule has 4 rings (SSSR count). The summed E-state index contributed by atoms with van der Waals surface area (Å²) in [5.74, 6) is 0.0287. The monoisotopic (exact) mass is 374 g/mol. The maximum atomic E-state index is 13.4. The first-order valence-electron chi connectivity index (χ1n) is 9.60. The van der Waals surface area contributed by atoms with E-state index in [1.165, 1.54) is 5.56 Å². The highest BCUT2D eigenvalue weighted by Gasteiger charge is 2.36. The van der Waals surface area contributed by atoms with Gasteiger partial charge in [0.1, 0.15) is 6.17 Å². The Labute approximate surface area is 165 Å². The molecule has 0 unspecified atom stereocenters. The summed E-state index contributed by atoms with van der Waals surface area (Å²) >= 11 is 0. The van der Waals surface area contributed by atoms with Crippen LogP contribution in [0.1, 0.15) is 59.7 Å². The van der Waals surface area contributed by atoms with Crippen molar-refractivity contribution in [2.75, 3.05) is 5.32 Å². The first-order valence-corrected chi connectivity index (χ1v) is 9.60. The Bertz CT molecular complexity index is 998. The van der Waals surface area contributed by atoms with Crippen LogP contribution in [0.4, 0.5) is 5.69 Å². The normalized spacial score (nSPS) is 16.6. The van der Waals surface area contributed by atoms with Crippen molar-refractivity contribution in [1.82, 2.24) is 15.1 Å². The van der Waals surface area contributed by atoms with Gasteiger partial charge in [-0.25, -0.2) is 0 Å². The molecule has 1 aromatic heterocycles. The largest absolute Gasteiger partial charge is 0.361 e. The van der Waals surface area contributed by atoms with Gasteiger partial charge in [0.2, 0.25) is 0 Å². The Hall–Kier alpha value is -3.08. The summed E-state index contributed by atoms with van der Waals surface area (Å²) in [5.41, 5.74) is 5.80. The van der Waals surface area contributed by atoms with Gasteiger partial charge in [-0.05, 0) is 24.6 Å². The lowest BCUT2D eigenvalue weighted by atomic mass is 9.88. The molecule has 1 atom stereocenters. The van der Waals surface area contributed by atoms with E-state index in [2.05, 4.69) is 67.5 Å². The van der Waals surface area contributed by atoms with E-state index in [-0.39, 0.29) is 17.5 Å². The molecule has 1 aliphatic heterocycles. The van der Waals surface area contributed by atoms with Gasteiger partial charge in [-0.15, -0.1) is 0 Å². The van der Waals surface area contributed by atoms with E-state index >= 15 is 0 Å². The first-order chi connectivity index (χ1) is 13.3. The number of aromatic amines is 1. The first kappa shape index (κ1) is 18.3. The van der Waals surface area contributed by atoms with E-state index in [4.69, 9.17) is 0 Å². The summed E-state index contributed by atoms with van der Waals surface area (Å²) in [5, 5.41) is 11.0. The molecule has 0 saturated carbocycles. The van der Waals surface area contributed by atoms with Gasteiger partial charge in [0.05, 0.1) is 11.8 Å². The number of aryl methyl sites for hydroxylation is 1. The van der Waals surface area contributed by atoms with Gasteiger partial charge in [-0.3, -0.25) is 9.89 Å². The van der Waals surface area contributed by atoms with Crippen LogP contribution in [0.2, 0.25) is 0 Å². The van der Waals surface area contributed by atoms with E-state index in [0.29, 0.717) is 12.1 Å². The Morgan fingerprint density at radius 2 is 1.79 bits per heavy atom. The predicted octanol–water partition coefficient (Wildman–Crippen LogP) is 4.78. The van der Waals surface area contributed by atoms with Crippen LogP contribution in [0, 0.1) is 6.92 Å². The number of fused-ring (bicyclic) bond motifs is 1. The fraction of sp³-hybridized carbons (Fsp3) is 0.304. The summed E-state index contributed by atoms with van der Waals surface area (Å²) in [4.78, 5) is 15.3. The summed E-state index contributed by atoms with van der Waals surface area (Å²) in [7, 11) is 0. The maximum absolute atomic E-state index is 13.4. The van der Waals surface area contributed by atoms with Crippen LogP contribution in [-0.2, 0) is 12.0 Å². The maximum Gasteiger partial charge on any atom is 0.258 e. The number of hydrogen-bond acceptors (Lipinski definition) is 3. The second kappa shape index (κ2) is 6.82. The van der Waals surface area contributed by atoms with E-state index < -0.39 is 0 Å². The third-order valence-electron chi connectivity index (χ3n) is 5.21. The van der Waals surface area contributed by atoms with Gasteiger partial charge in [0.15, 0.2) is 0 Å². The Morgan fingerprint density at radius 3 is 2.50 bits per heavy atom. The van der Waals surface area contributed by atoms with Crippen molar-refractivity contribution in [2.24, 2.45) is 0 Å². The van der Waals surface area contributed by atoms with Gasteiger partial charge >= 0.3 is 0 Å². The lowest BCUT2D eigenvalue weighted by Crippen LogP contribution is -2.43. The van der Waals surface area contributed by atoms with E-state index in [1.54, 1.807) is 0 Å². The number of amides is 1. The quantitative estimate of drug-likeness (QED) is 0.693. The lowest BCUT2D eigenvalue weighted by molar-refractivity contribution is 0.0665. The minimum Gasteiger partial charge on any atom is -0.361 e. The van der Waals surface area contributed by atoms with Gasteiger partial charge in [0, 0.05) is 28.9 Å². The van der Waals surface area contributed by atoms with Crippen LogP contribution in [0.25, 0.3) is 0 Å². The van der Waals surface area contributed by atoms with Gasteiger partial charge in [-0.2, -0.15) is 5.10 Å². The van der Waals surface area contributed by atoms with Crippen LogP contribution in [0.5, 0.6) is 0 Å². The molecule has 0 bridgehead atoms. The van der Waals surface area contributed by atoms with E-state index in [9.17, 15) is 4.79 Å². The van der Waals surface area contributed by atoms with Crippen LogP contribution in [0.3, 0.4) is 0 Å². The molecule has 3 aromatic rings. The SMILES string of the molecule is Cc1ccc(CN2C(=O)c3ccccc3N[C@@H]2c2cn[nH]c2C(C)(C)C)cc1. The van der Waals surface area contributed by atoms with Crippen molar-refractivity contribution >= 4 is 11.6 Å². The number of para-hydroxylation sites is 1. The third-order valence-corrected chi connectivity index (χ3v) is 5.21. The van der Waals surface area contributed by atoms with Crippen LogP contribution < -0.4 is 5.32 Å². The van der Waals surface area contributed by atoms with Crippen molar-refractivity contribution in [3.05, 3.63) is 82.7 Å². The highest BCUT2D eigenvalue weighted by molar-refractivity contribution is 6.01. The second-order valence-electron chi connectivity index (χ2n) is 8.46. The van der Waals surface area contributed by atoms with Crippen molar-refractivity contribution in [3.63, 3.8) is 0 Å². The molecule has 2 N–H and O–H groups in total. The number of nitrogens with zero attached hydrogens (tertiary/aromatic N) is 2. The van der Waals surface area contributed by atoms with Gasteiger partial charge < -0.3 is 10.2 Å². The molecule has 2 aromatic carbocycles. The molecule has 0 fully saturated rings. The number of carbonyl (C=O) groups excluding carboxylic acids is 1. The molecule has 0 aliphatic carbocycles. The highest BCUT2D eigenvalue weighted by atomic mass is 16.2. The van der Waals surface area contributed by atoms with E-state index in [0.717, 1.165) is 22.5 Å². The minimum absolute atomic E-state index is 0.0287. The van der Waals surface area contributed by atoms with Crippen LogP contribution in [0.15, 0.2) is 54.7 Å². The smallest absolute Gasteiger partial charge is 0.258 e. The highest BCUT2D eigenvalue weighted by Crippen LogP contribution is 2.37. The number of H-pyrrole nitrogens is 1. The molecule has 2 heterocycles. The number of aromatic nitrogens is 2. The Kier molecular flexibility index (Phi) is 4.46. The van der Waals surface area contributed by atoms with Crippen molar-refractivity contribution in [3.8, 4) is 0 Å². The van der Waals surface area contributed by atoms with Gasteiger partial charge in [-0.1, -0.05) is 62.7 Å². The Balaban J connectivity index is 1.79. The standard InChI is InChI=1S/C23H26N4O/c1-15-9-11-16(12-10-15)14-27-21(18-13-24-26-20(18)23(2,3)4)25-19-8-6-5-7-17(19)22(27)28/h5-13,21,25H,14H2,1-4H3,(H,24,26)/t21-/m0/s1. The average molecular weight is 374 g/mol. The van der Waals surface area contributed by atoms with Crippen LogP contribution in [-0.4, -0.2) is 21.0 Å². The zero-order chi connectivity index (χ0) is 19.9. The van der Waals surface area contributed by atoms with E-state index in [1.807, 2.05) is 35.4 Å². The zero-order valence-corrected chi connectivity index (χ0v) is 16.8. The molecule has 0 radical (unpaired) electrons. The zero-order valence-electron chi connectivity index (χ0n) is 16.8. The molecule has 144 valence electrons. The third kappa shape index (κ3) is 3.28. The molecular weight excluding hydrogens is 348 g/mol. The molecule has 5 heteroatoms. The molecule has 0 saturated heterocycles. The predicted molar refractivity (Wildman–Crippen MR) is 111 cm³/mol. The molecule has 0 spiro atoms. The van der Waals surface area contributed by atoms with Crippen LogP contribution >= 0.6 is 0 Å². The summed E-state index contributed by atoms with van der Waals surface area (Å²) in [6.07, 6.45) is 1.55. The molecule has 5 nitrogen and oxygen atoms in total. The number of carbonyl (C=O) groups is 1. The fourth-order valence-corrected chi connectivity index (χ4v) is 3.70.